The maximum Gasteiger partial charge on any atom is 0.238 e. The maximum atomic E-state index is 11.7. The van der Waals surface area contributed by atoms with E-state index in [9.17, 15) is 4.79 Å². The van der Waals surface area contributed by atoms with Gasteiger partial charge in [-0.05, 0) is 37.1 Å². The molecular formula is C15H21N3O2. The molecule has 5 nitrogen and oxygen atoms in total. The summed E-state index contributed by atoms with van der Waals surface area (Å²) in [4.78, 5) is 14.0. The number of anilines is 2. The average molecular weight is 275 g/mol. The first-order chi connectivity index (χ1) is 9.81. The van der Waals surface area contributed by atoms with Gasteiger partial charge in [0.25, 0.3) is 0 Å². The molecule has 108 valence electrons. The number of amides is 1. The first kappa shape index (κ1) is 13.4. The molecule has 2 fully saturated rings. The smallest absolute Gasteiger partial charge is 0.238 e. The fraction of sp³-hybridized carbons (Fsp3) is 0.533. The number of hydrogen-bond acceptors (Lipinski definition) is 4. The van der Waals surface area contributed by atoms with E-state index in [-0.39, 0.29) is 5.91 Å². The predicted octanol–water partition coefficient (Wildman–Crippen LogP) is 1.21. The summed E-state index contributed by atoms with van der Waals surface area (Å²) in [6.45, 7) is 3.82. The molecular weight excluding hydrogens is 254 g/mol. The number of ether oxygens (including phenoxy) is 1. The van der Waals surface area contributed by atoms with Gasteiger partial charge in [-0.3, -0.25) is 4.79 Å². The van der Waals surface area contributed by atoms with Gasteiger partial charge in [-0.2, -0.15) is 0 Å². The van der Waals surface area contributed by atoms with Crippen LogP contribution in [-0.4, -0.2) is 44.8 Å². The zero-order chi connectivity index (χ0) is 13.8. The number of benzene rings is 1. The van der Waals surface area contributed by atoms with Gasteiger partial charge in [-0.1, -0.05) is 0 Å². The van der Waals surface area contributed by atoms with Crippen molar-refractivity contribution in [3.05, 3.63) is 24.3 Å². The first-order valence-corrected chi connectivity index (χ1v) is 7.27. The molecule has 0 radical (unpaired) electrons. The van der Waals surface area contributed by atoms with E-state index in [2.05, 4.69) is 27.7 Å². The highest BCUT2D eigenvalue weighted by Gasteiger charge is 2.21. The van der Waals surface area contributed by atoms with E-state index in [1.54, 1.807) is 0 Å². The van der Waals surface area contributed by atoms with Crippen LogP contribution in [0, 0.1) is 0 Å². The van der Waals surface area contributed by atoms with Gasteiger partial charge in [0.1, 0.15) is 0 Å². The van der Waals surface area contributed by atoms with Crippen LogP contribution in [0.1, 0.15) is 12.8 Å². The molecule has 1 aromatic carbocycles. The van der Waals surface area contributed by atoms with E-state index in [1.165, 1.54) is 18.5 Å². The summed E-state index contributed by atoms with van der Waals surface area (Å²) in [5, 5.41) is 6.12. The maximum absolute atomic E-state index is 11.7. The number of rotatable bonds is 5. The van der Waals surface area contributed by atoms with E-state index in [4.69, 9.17) is 4.74 Å². The molecule has 1 amide bonds. The molecule has 0 spiro atoms. The zero-order valence-electron chi connectivity index (χ0n) is 11.6. The quantitative estimate of drug-likeness (QED) is 0.848. The molecule has 2 aliphatic rings. The van der Waals surface area contributed by atoms with Gasteiger partial charge in [0, 0.05) is 30.5 Å². The lowest BCUT2D eigenvalue weighted by Crippen LogP contribution is -2.36. The Morgan fingerprint density at radius 3 is 2.55 bits per heavy atom. The highest BCUT2D eigenvalue weighted by molar-refractivity contribution is 5.92. The van der Waals surface area contributed by atoms with Gasteiger partial charge in [-0.15, -0.1) is 0 Å². The Morgan fingerprint density at radius 1 is 1.20 bits per heavy atom. The van der Waals surface area contributed by atoms with Crippen LogP contribution in [0.3, 0.4) is 0 Å². The van der Waals surface area contributed by atoms with Gasteiger partial charge in [0.2, 0.25) is 5.91 Å². The van der Waals surface area contributed by atoms with E-state index in [1.807, 2.05) is 12.1 Å². The summed E-state index contributed by atoms with van der Waals surface area (Å²) in [7, 11) is 0. The van der Waals surface area contributed by atoms with Crippen LogP contribution >= 0.6 is 0 Å². The minimum Gasteiger partial charge on any atom is -0.378 e. The topological polar surface area (TPSA) is 53.6 Å². The van der Waals surface area contributed by atoms with Crippen LogP contribution in [-0.2, 0) is 9.53 Å². The molecule has 0 bridgehead atoms. The summed E-state index contributed by atoms with van der Waals surface area (Å²) in [5.74, 6) is 0.0241. The summed E-state index contributed by atoms with van der Waals surface area (Å²) < 4.78 is 5.34. The predicted molar refractivity (Wildman–Crippen MR) is 79.1 cm³/mol. The molecule has 1 saturated heterocycles. The SMILES string of the molecule is O=C(CNC1CC1)Nc1ccc(N2CCOCC2)cc1. The monoisotopic (exact) mass is 275 g/mol. The molecule has 1 saturated carbocycles. The van der Waals surface area contributed by atoms with Crippen LogP contribution in [0.5, 0.6) is 0 Å². The summed E-state index contributed by atoms with van der Waals surface area (Å²) >= 11 is 0. The summed E-state index contributed by atoms with van der Waals surface area (Å²) in [5.41, 5.74) is 2.03. The normalized spacial score (nSPS) is 18.9. The lowest BCUT2D eigenvalue weighted by molar-refractivity contribution is -0.115. The van der Waals surface area contributed by atoms with Crippen molar-refractivity contribution in [2.75, 3.05) is 43.1 Å². The van der Waals surface area contributed by atoms with Crippen molar-refractivity contribution in [2.45, 2.75) is 18.9 Å². The lowest BCUT2D eigenvalue weighted by atomic mass is 10.2. The van der Waals surface area contributed by atoms with Crippen LogP contribution in [0.2, 0.25) is 0 Å². The molecule has 1 aromatic rings. The third-order valence-corrected chi connectivity index (χ3v) is 3.66. The Morgan fingerprint density at radius 2 is 1.90 bits per heavy atom. The molecule has 0 aromatic heterocycles. The highest BCUT2D eigenvalue weighted by Crippen LogP contribution is 2.19. The second-order valence-corrected chi connectivity index (χ2v) is 5.35. The fourth-order valence-electron chi connectivity index (χ4n) is 2.31. The number of hydrogen-bond donors (Lipinski definition) is 2. The van der Waals surface area contributed by atoms with Crippen LogP contribution in [0.15, 0.2) is 24.3 Å². The highest BCUT2D eigenvalue weighted by atomic mass is 16.5. The average Bonchev–Trinajstić information content (AvgIpc) is 3.31. The fourth-order valence-corrected chi connectivity index (χ4v) is 2.31. The third kappa shape index (κ3) is 3.71. The van der Waals surface area contributed by atoms with Crippen molar-refractivity contribution >= 4 is 17.3 Å². The Balaban J connectivity index is 1.50. The molecule has 0 atom stereocenters. The van der Waals surface area contributed by atoms with Gasteiger partial charge in [-0.25, -0.2) is 0 Å². The van der Waals surface area contributed by atoms with Crippen molar-refractivity contribution in [3.8, 4) is 0 Å². The van der Waals surface area contributed by atoms with Crippen molar-refractivity contribution in [1.82, 2.24) is 5.32 Å². The Labute approximate surface area is 119 Å². The summed E-state index contributed by atoms with van der Waals surface area (Å²) in [6, 6.07) is 8.58. The molecule has 1 aliphatic carbocycles. The molecule has 0 unspecified atom stereocenters. The van der Waals surface area contributed by atoms with E-state index in [0.29, 0.717) is 12.6 Å². The van der Waals surface area contributed by atoms with Crippen molar-refractivity contribution in [3.63, 3.8) is 0 Å². The standard InChI is InChI=1S/C15H21N3O2/c19-15(11-16-12-1-2-12)17-13-3-5-14(6-4-13)18-7-9-20-10-8-18/h3-6,12,16H,1-2,7-11H2,(H,17,19). The number of nitrogens with one attached hydrogen (secondary N) is 2. The largest absolute Gasteiger partial charge is 0.378 e. The first-order valence-electron chi connectivity index (χ1n) is 7.27. The van der Waals surface area contributed by atoms with Crippen molar-refractivity contribution in [2.24, 2.45) is 0 Å². The van der Waals surface area contributed by atoms with Crippen LogP contribution in [0.4, 0.5) is 11.4 Å². The Kier molecular flexibility index (Phi) is 4.18. The molecule has 1 heterocycles. The second kappa shape index (κ2) is 6.24. The van der Waals surface area contributed by atoms with Gasteiger partial charge < -0.3 is 20.3 Å². The van der Waals surface area contributed by atoms with Crippen LogP contribution in [0.25, 0.3) is 0 Å². The van der Waals surface area contributed by atoms with Gasteiger partial charge >= 0.3 is 0 Å². The molecule has 20 heavy (non-hydrogen) atoms. The number of morpholine rings is 1. The minimum atomic E-state index is 0.0241. The number of carbonyl (C=O) groups is 1. The minimum absolute atomic E-state index is 0.0241. The van der Waals surface area contributed by atoms with Gasteiger partial charge in [0.15, 0.2) is 0 Å². The Hall–Kier alpha value is -1.59. The van der Waals surface area contributed by atoms with E-state index < -0.39 is 0 Å². The van der Waals surface area contributed by atoms with Crippen molar-refractivity contribution in [1.29, 1.82) is 0 Å². The van der Waals surface area contributed by atoms with E-state index in [0.717, 1.165) is 32.0 Å². The van der Waals surface area contributed by atoms with Crippen molar-refractivity contribution < 1.29 is 9.53 Å². The number of nitrogens with zero attached hydrogens (tertiary/aromatic N) is 1. The van der Waals surface area contributed by atoms with E-state index >= 15 is 0 Å². The molecule has 3 rings (SSSR count). The summed E-state index contributed by atoms with van der Waals surface area (Å²) in [6.07, 6.45) is 2.39. The van der Waals surface area contributed by atoms with Crippen LogP contribution < -0.4 is 15.5 Å². The molecule has 1 aliphatic heterocycles. The number of carbonyl (C=O) groups excluding carboxylic acids is 1. The van der Waals surface area contributed by atoms with Gasteiger partial charge in [0.05, 0.1) is 19.8 Å². The molecule has 5 heteroatoms. The molecule has 2 N–H and O–H groups in total. The Bertz CT molecular complexity index is 451. The zero-order valence-corrected chi connectivity index (χ0v) is 11.6. The third-order valence-electron chi connectivity index (χ3n) is 3.66. The lowest BCUT2D eigenvalue weighted by Gasteiger charge is -2.28. The second-order valence-electron chi connectivity index (χ2n) is 5.35.